The predicted octanol–water partition coefficient (Wildman–Crippen LogP) is 1.37. The van der Waals surface area contributed by atoms with Crippen molar-refractivity contribution in [1.82, 2.24) is 19.8 Å². The first-order chi connectivity index (χ1) is 13.0. The van der Waals surface area contributed by atoms with Crippen molar-refractivity contribution in [3.63, 3.8) is 0 Å². The van der Waals surface area contributed by atoms with Gasteiger partial charge in [0.25, 0.3) is 11.5 Å². The molecule has 1 aromatic heterocycles. The number of carbonyl (C=O) groups is 2. The van der Waals surface area contributed by atoms with E-state index in [2.05, 4.69) is 16.0 Å². The molecule has 7 nitrogen and oxygen atoms in total. The fourth-order valence-electron chi connectivity index (χ4n) is 4.52. The number of hydrogen-bond donors (Lipinski definition) is 1. The van der Waals surface area contributed by atoms with Crippen molar-refractivity contribution in [2.45, 2.75) is 19.9 Å². The molecule has 4 rings (SSSR count). The van der Waals surface area contributed by atoms with Gasteiger partial charge in [0.2, 0.25) is 5.91 Å². The van der Waals surface area contributed by atoms with E-state index in [9.17, 15) is 14.4 Å². The van der Waals surface area contributed by atoms with Crippen LogP contribution in [-0.4, -0.2) is 51.2 Å². The molecule has 2 aromatic rings. The monoisotopic (exact) mass is 366 g/mol. The van der Waals surface area contributed by atoms with E-state index in [-0.39, 0.29) is 35.3 Å². The van der Waals surface area contributed by atoms with Gasteiger partial charge in [-0.25, -0.2) is 4.98 Å². The fourth-order valence-corrected chi connectivity index (χ4v) is 4.52. The molecule has 0 radical (unpaired) electrons. The summed E-state index contributed by atoms with van der Waals surface area (Å²) in [6.07, 6.45) is 2.59. The minimum atomic E-state index is -0.423. The summed E-state index contributed by atoms with van der Waals surface area (Å²) >= 11 is 0. The third-order valence-corrected chi connectivity index (χ3v) is 5.81. The van der Waals surface area contributed by atoms with Crippen molar-refractivity contribution in [2.24, 2.45) is 11.8 Å². The number of likely N-dealkylation sites (tertiary alicyclic amines) is 2. The molecular weight excluding hydrogens is 344 g/mol. The van der Waals surface area contributed by atoms with Gasteiger partial charge in [-0.1, -0.05) is 24.3 Å². The summed E-state index contributed by atoms with van der Waals surface area (Å²) in [5.74, 6) is 0.129. The van der Waals surface area contributed by atoms with E-state index in [0.717, 1.165) is 11.1 Å². The van der Waals surface area contributed by atoms with E-state index in [1.54, 1.807) is 11.8 Å². The second kappa shape index (κ2) is 6.64. The summed E-state index contributed by atoms with van der Waals surface area (Å²) in [7, 11) is 0. The molecule has 0 bridgehead atoms. The average molecular weight is 366 g/mol. The first-order valence-electron chi connectivity index (χ1n) is 9.12. The van der Waals surface area contributed by atoms with Crippen LogP contribution >= 0.6 is 0 Å². The number of nitrogens with zero attached hydrogens (tertiary/aromatic N) is 3. The van der Waals surface area contributed by atoms with Crippen LogP contribution < -0.4 is 5.56 Å². The third kappa shape index (κ3) is 2.93. The Morgan fingerprint density at radius 3 is 2.67 bits per heavy atom. The van der Waals surface area contributed by atoms with Gasteiger partial charge < -0.3 is 14.8 Å². The molecule has 3 atom stereocenters. The molecule has 0 spiro atoms. The Morgan fingerprint density at radius 1 is 1.19 bits per heavy atom. The molecule has 3 heterocycles. The summed E-state index contributed by atoms with van der Waals surface area (Å²) in [6.45, 7) is 5.36. The smallest absolute Gasteiger partial charge is 0.263 e. The maximum Gasteiger partial charge on any atom is 0.263 e. The van der Waals surface area contributed by atoms with Gasteiger partial charge in [-0.05, 0) is 18.1 Å². The third-order valence-electron chi connectivity index (χ3n) is 5.81. The standard InChI is InChI=1S/C20H22N4O3/c1-12-5-3-4-6-15(12)18-17-10-23(8-14(17)9-24(18)13(2)25)20(27)16-7-21-11-22-19(16)26/h3-7,11,14,17-18H,8-10H2,1-2H3,(H,21,22,26)/t14-,17-,18+/m1/s1. The van der Waals surface area contributed by atoms with Crippen LogP contribution in [0.25, 0.3) is 0 Å². The highest BCUT2D eigenvalue weighted by Gasteiger charge is 2.49. The topological polar surface area (TPSA) is 86.4 Å². The number of aryl methyl sites for hydroxylation is 1. The molecular formula is C20H22N4O3. The summed E-state index contributed by atoms with van der Waals surface area (Å²) < 4.78 is 0. The van der Waals surface area contributed by atoms with Gasteiger partial charge in [-0.2, -0.15) is 0 Å². The lowest BCUT2D eigenvalue weighted by molar-refractivity contribution is -0.130. The Morgan fingerprint density at radius 2 is 1.96 bits per heavy atom. The Balaban J connectivity index is 1.64. The Labute approximate surface area is 157 Å². The Bertz CT molecular complexity index is 954. The van der Waals surface area contributed by atoms with E-state index >= 15 is 0 Å². The maximum absolute atomic E-state index is 12.8. The van der Waals surface area contributed by atoms with E-state index < -0.39 is 5.56 Å². The number of aromatic amines is 1. The van der Waals surface area contributed by atoms with Gasteiger partial charge in [-0.3, -0.25) is 14.4 Å². The Kier molecular flexibility index (Phi) is 4.30. The molecule has 0 aliphatic carbocycles. The lowest BCUT2D eigenvalue weighted by atomic mass is 9.87. The highest BCUT2D eigenvalue weighted by molar-refractivity contribution is 5.93. The minimum absolute atomic E-state index is 0.0429. The largest absolute Gasteiger partial charge is 0.338 e. The van der Waals surface area contributed by atoms with E-state index in [1.165, 1.54) is 12.5 Å². The van der Waals surface area contributed by atoms with Crippen molar-refractivity contribution < 1.29 is 9.59 Å². The van der Waals surface area contributed by atoms with Gasteiger partial charge in [0, 0.05) is 44.6 Å². The molecule has 2 fully saturated rings. The van der Waals surface area contributed by atoms with Crippen molar-refractivity contribution in [3.05, 3.63) is 63.8 Å². The van der Waals surface area contributed by atoms with Crippen LogP contribution in [0.2, 0.25) is 0 Å². The van der Waals surface area contributed by atoms with Crippen molar-refractivity contribution in [3.8, 4) is 0 Å². The first kappa shape index (κ1) is 17.5. The molecule has 1 N–H and O–H groups in total. The van der Waals surface area contributed by atoms with Crippen molar-refractivity contribution in [1.29, 1.82) is 0 Å². The van der Waals surface area contributed by atoms with Crippen LogP contribution in [0.3, 0.4) is 0 Å². The average Bonchev–Trinajstić information content (AvgIpc) is 3.20. The number of rotatable bonds is 2. The van der Waals surface area contributed by atoms with Crippen molar-refractivity contribution in [2.75, 3.05) is 19.6 Å². The zero-order chi connectivity index (χ0) is 19.1. The van der Waals surface area contributed by atoms with Crippen LogP contribution in [0.1, 0.15) is 34.5 Å². The number of benzene rings is 1. The second-order valence-electron chi connectivity index (χ2n) is 7.40. The number of H-pyrrole nitrogens is 1. The minimum Gasteiger partial charge on any atom is -0.338 e. The van der Waals surface area contributed by atoms with E-state index in [4.69, 9.17) is 0 Å². The number of carbonyl (C=O) groups excluding carboxylic acids is 2. The number of aromatic nitrogens is 2. The van der Waals surface area contributed by atoms with Gasteiger partial charge in [-0.15, -0.1) is 0 Å². The van der Waals surface area contributed by atoms with Crippen LogP contribution in [0.5, 0.6) is 0 Å². The maximum atomic E-state index is 12.8. The Hall–Kier alpha value is -2.96. The quantitative estimate of drug-likeness (QED) is 0.870. The number of amides is 2. The highest BCUT2D eigenvalue weighted by Crippen LogP contribution is 2.45. The van der Waals surface area contributed by atoms with Gasteiger partial charge in [0.15, 0.2) is 0 Å². The SMILES string of the molecule is CC(=O)N1C[C@H]2CN(C(=O)c3cnc[nH]c3=O)C[C@H]2[C@@H]1c1ccccc1C. The summed E-state index contributed by atoms with van der Waals surface area (Å²) in [5, 5.41) is 0. The van der Waals surface area contributed by atoms with Crippen LogP contribution in [0.15, 0.2) is 41.6 Å². The lowest BCUT2D eigenvalue weighted by Gasteiger charge is -2.30. The van der Waals surface area contributed by atoms with Gasteiger partial charge in [0.05, 0.1) is 12.4 Å². The molecule has 27 heavy (non-hydrogen) atoms. The predicted molar refractivity (Wildman–Crippen MR) is 99.0 cm³/mol. The highest BCUT2D eigenvalue weighted by atomic mass is 16.2. The summed E-state index contributed by atoms with van der Waals surface area (Å²) in [5.41, 5.74) is 1.91. The summed E-state index contributed by atoms with van der Waals surface area (Å²) in [4.78, 5) is 47.0. The molecule has 2 saturated heterocycles. The fraction of sp³-hybridized carbons (Fsp3) is 0.400. The summed E-state index contributed by atoms with van der Waals surface area (Å²) in [6, 6.07) is 8.05. The number of hydrogen-bond acceptors (Lipinski definition) is 4. The normalized spacial score (nSPS) is 24.1. The molecule has 0 saturated carbocycles. The van der Waals surface area contributed by atoms with Crippen molar-refractivity contribution >= 4 is 11.8 Å². The van der Waals surface area contributed by atoms with E-state index in [1.807, 2.05) is 30.0 Å². The molecule has 1 aromatic carbocycles. The zero-order valence-electron chi connectivity index (χ0n) is 15.4. The lowest BCUT2D eigenvalue weighted by Crippen LogP contribution is -2.38. The van der Waals surface area contributed by atoms with Crippen LogP contribution in [0.4, 0.5) is 0 Å². The van der Waals surface area contributed by atoms with Gasteiger partial charge in [0.1, 0.15) is 5.56 Å². The molecule has 140 valence electrons. The second-order valence-corrected chi connectivity index (χ2v) is 7.40. The van der Waals surface area contributed by atoms with Gasteiger partial charge >= 0.3 is 0 Å². The molecule has 0 unspecified atom stereocenters. The first-order valence-corrected chi connectivity index (χ1v) is 9.12. The molecule has 2 aliphatic heterocycles. The van der Waals surface area contributed by atoms with Crippen LogP contribution in [-0.2, 0) is 4.79 Å². The number of fused-ring (bicyclic) bond motifs is 1. The number of nitrogens with one attached hydrogen (secondary N) is 1. The molecule has 2 amide bonds. The molecule has 2 aliphatic rings. The van der Waals surface area contributed by atoms with Crippen LogP contribution in [0, 0.1) is 18.8 Å². The zero-order valence-corrected chi connectivity index (χ0v) is 15.4. The van der Waals surface area contributed by atoms with E-state index in [0.29, 0.717) is 19.6 Å². The molecule has 7 heteroatoms.